The van der Waals surface area contributed by atoms with E-state index in [0.29, 0.717) is 5.92 Å². The third kappa shape index (κ3) is 3.82. The van der Waals surface area contributed by atoms with Crippen molar-refractivity contribution < 1.29 is 0 Å². The second kappa shape index (κ2) is 6.90. The number of rotatable bonds is 5. The van der Waals surface area contributed by atoms with E-state index >= 15 is 0 Å². The number of benzene rings is 3. The van der Waals surface area contributed by atoms with Gasteiger partial charge in [-0.2, -0.15) is 0 Å². The fraction of sp³-hybridized carbons (Fsp3) is 0.143. The van der Waals surface area contributed by atoms with Crippen LogP contribution in [-0.2, 0) is 12.8 Å². The molecular formula is C21H20. The molecule has 0 heteroatoms. The average Bonchev–Trinajstić information content (AvgIpc) is 2.57. The van der Waals surface area contributed by atoms with Crippen molar-refractivity contribution in [1.29, 1.82) is 0 Å². The van der Waals surface area contributed by atoms with E-state index in [9.17, 15) is 0 Å². The van der Waals surface area contributed by atoms with E-state index in [1.807, 2.05) is 0 Å². The van der Waals surface area contributed by atoms with Crippen molar-refractivity contribution in [2.75, 3.05) is 0 Å². The molecule has 0 N–H and O–H groups in total. The summed E-state index contributed by atoms with van der Waals surface area (Å²) in [7, 11) is 0. The summed E-state index contributed by atoms with van der Waals surface area (Å²) in [5.41, 5.74) is 4.23. The highest BCUT2D eigenvalue weighted by atomic mass is 14.2. The highest BCUT2D eigenvalue weighted by Gasteiger charge is 2.13. The van der Waals surface area contributed by atoms with Gasteiger partial charge in [0.05, 0.1) is 0 Å². The molecule has 0 aliphatic rings. The van der Waals surface area contributed by atoms with Crippen LogP contribution in [0.4, 0.5) is 0 Å². The van der Waals surface area contributed by atoms with E-state index in [4.69, 9.17) is 0 Å². The molecule has 104 valence electrons. The first-order valence-electron chi connectivity index (χ1n) is 7.54. The normalized spacial score (nSPS) is 10.7. The Morgan fingerprint density at radius 2 is 0.857 bits per heavy atom. The summed E-state index contributed by atoms with van der Waals surface area (Å²) < 4.78 is 0. The molecule has 0 fully saturated rings. The lowest BCUT2D eigenvalue weighted by molar-refractivity contribution is 0.680. The highest BCUT2D eigenvalue weighted by molar-refractivity contribution is 5.27. The first-order valence-corrected chi connectivity index (χ1v) is 7.54. The van der Waals surface area contributed by atoms with Crippen molar-refractivity contribution in [3.05, 3.63) is 108 Å². The maximum absolute atomic E-state index is 2.25. The van der Waals surface area contributed by atoms with Crippen molar-refractivity contribution in [1.82, 2.24) is 0 Å². The molecule has 0 nitrogen and oxygen atoms in total. The Hall–Kier alpha value is -2.34. The summed E-state index contributed by atoms with van der Waals surface area (Å²) in [5, 5.41) is 0. The molecule has 0 aliphatic carbocycles. The third-order valence-corrected chi connectivity index (χ3v) is 3.92. The van der Waals surface area contributed by atoms with E-state index in [0.717, 1.165) is 12.8 Å². The summed E-state index contributed by atoms with van der Waals surface area (Å²) in [4.78, 5) is 0. The van der Waals surface area contributed by atoms with Gasteiger partial charge in [0, 0.05) is 0 Å². The van der Waals surface area contributed by atoms with Gasteiger partial charge in [0.15, 0.2) is 0 Å². The minimum Gasteiger partial charge on any atom is -0.0622 e. The molecule has 0 bridgehead atoms. The largest absolute Gasteiger partial charge is 0.0622 e. The maximum atomic E-state index is 2.25. The molecule has 21 heavy (non-hydrogen) atoms. The molecule has 0 spiro atoms. The van der Waals surface area contributed by atoms with Gasteiger partial charge in [-0.3, -0.25) is 0 Å². The van der Waals surface area contributed by atoms with Crippen molar-refractivity contribution in [2.24, 2.45) is 0 Å². The van der Waals surface area contributed by atoms with Crippen LogP contribution in [-0.4, -0.2) is 0 Å². The van der Waals surface area contributed by atoms with Crippen LogP contribution in [0.15, 0.2) is 91.0 Å². The van der Waals surface area contributed by atoms with Gasteiger partial charge in [-0.05, 0) is 35.4 Å². The predicted molar refractivity (Wildman–Crippen MR) is 89.5 cm³/mol. The van der Waals surface area contributed by atoms with Crippen LogP contribution in [0.5, 0.6) is 0 Å². The molecule has 0 saturated heterocycles. The molecule has 0 atom stereocenters. The topological polar surface area (TPSA) is 0 Å². The molecule has 0 amide bonds. The zero-order chi connectivity index (χ0) is 14.3. The first kappa shape index (κ1) is 13.6. The van der Waals surface area contributed by atoms with Crippen LogP contribution in [0.2, 0.25) is 0 Å². The van der Waals surface area contributed by atoms with Gasteiger partial charge >= 0.3 is 0 Å². The van der Waals surface area contributed by atoms with Crippen molar-refractivity contribution >= 4 is 0 Å². The molecule has 0 aliphatic heterocycles. The summed E-state index contributed by atoms with van der Waals surface area (Å²) in [6.45, 7) is 0. The van der Waals surface area contributed by atoms with Crippen molar-refractivity contribution in [3.63, 3.8) is 0 Å². The smallest absolute Gasteiger partial charge is 0.00810 e. The van der Waals surface area contributed by atoms with Crippen LogP contribution in [0.1, 0.15) is 22.6 Å². The van der Waals surface area contributed by atoms with E-state index in [1.165, 1.54) is 16.7 Å². The van der Waals surface area contributed by atoms with Crippen LogP contribution in [0.25, 0.3) is 0 Å². The van der Waals surface area contributed by atoms with Gasteiger partial charge in [-0.25, -0.2) is 0 Å². The summed E-state index contributed by atoms with van der Waals surface area (Å²) >= 11 is 0. The molecule has 3 aromatic carbocycles. The molecule has 0 heterocycles. The summed E-state index contributed by atoms with van der Waals surface area (Å²) in [6, 6.07) is 32.4. The Balaban J connectivity index is 1.84. The summed E-state index contributed by atoms with van der Waals surface area (Å²) in [5.74, 6) is 0.524. The molecule has 3 rings (SSSR count). The Morgan fingerprint density at radius 3 is 1.29 bits per heavy atom. The number of hydrogen-bond acceptors (Lipinski definition) is 0. The Labute approximate surface area is 127 Å². The van der Waals surface area contributed by atoms with Gasteiger partial charge in [0.1, 0.15) is 0 Å². The fourth-order valence-corrected chi connectivity index (χ4v) is 2.83. The quantitative estimate of drug-likeness (QED) is 0.594. The lowest BCUT2D eigenvalue weighted by Crippen LogP contribution is -2.06. The molecule has 0 unspecified atom stereocenters. The average molecular weight is 272 g/mol. The SMILES string of the molecule is c1ccc(CC(Cc2ccccc2)c2ccccc2)cc1. The second-order valence-corrected chi connectivity index (χ2v) is 5.49. The molecular weight excluding hydrogens is 252 g/mol. The van der Waals surface area contributed by atoms with Gasteiger partial charge in [-0.15, -0.1) is 0 Å². The Bertz CT molecular complexity index is 600. The van der Waals surface area contributed by atoms with E-state index < -0.39 is 0 Å². The molecule has 0 aromatic heterocycles. The lowest BCUT2D eigenvalue weighted by Gasteiger charge is -2.18. The maximum Gasteiger partial charge on any atom is -0.00810 e. The predicted octanol–water partition coefficient (Wildman–Crippen LogP) is 5.26. The minimum absolute atomic E-state index is 0.524. The van der Waals surface area contributed by atoms with Crippen LogP contribution < -0.4 is 0 Å². The van der Waals surface area contributed by atoms with Gasteiger partial charge < -0.3 is 0 Å². The van der Waals surface area contributed by atoms with Gasteiger partial charge in [0.2, 0.25) is 0 Å². The zero-order valence-corrected chi connectivity index (χ0v) is 12.2. The monoisotopic (exact) mass is 272 g/mol. The van der Waals surface area contributed by atoms with E-state index in [-0.39, 0.29) is 0 Å². The van der Waals surface area contributed by atoms with E-state index in [1.54, 1.807) is 0 Å². The fourth-order valence-electron chi connectivity index (χ4n) is 2.83. The molecule has 0 saturated carbocycles. The zero-order valence-electron chi connectivity index (χ0n) is 12.2. The van der Waals surface area contributed by atoms with E-state index in [2.05, 4.69) is 91.0 Å². The second-order valence-electron chi connectivity index (χ2n) is 5.49. The Kier molecular flexibility index (Phi) is 4.48. The van der Waals surface area contributed by atoms with Crippen molar-refractivity contribution in [2.45, 2.75) is 18.8 Å². The molecule has 3 aromatic rings. The van der Waals surface area contributed by atoms with Crippen LogP contribution in [0, 0.1) is 0 Å². The summed E-state index contributed by atoms with van der Waals surface area (Å²) in [6.07, 6.45) is 2.17. The van der Waals surface area contributed by atoms with Crippen LogP contribution in [0.3, 0.4) is 0 Å². The third-order valence-electron chi connectivity index (χ3n) is 3.92. The lowest BCUT2D eigenvalue weighted by atomic mass is 9.87. The highest BCUT2D eigenvalue weighted by Crippen LogP contribution is 2.25. The van der Waals surface area contributed by atoms with Crippen molar-refractivity contribution in [3.8, 4) is 0 Å². The van der Waals surface area contributed by atoms with Gasteiger partial charge in [-0.1, -0.05) is 91.0 Å². The van der Waals surface area contributed by atoms with Gasteiger partial charge in [0.25, 0.3) is 0 Å². The van der Waals surface area contributed by atoms with Crippen LogP contribution >= 0.6 is 0 Å². The Morgan fingerprint density at radius 1 is 0.476 bits per heavy atom. The first-order chi connectivity index (χ1) is 10.4. The number of hydrogen-bond donors (Lipinski definition) is 0. The minimum atomic E-state index is 0.524. The standard InChI is InChI=1S/C21H20/c1-4-10-18(11-5-1)16-21(20-14-8-3-9-15-20)17-19-12-6-2-7-13-19/h1-15,21H,16-17H2. The molecule has 0 radical (unpaired) electrons.